The van der Waals surface area contributed by atoms with Gasteiger partial charge in [-0.25, -0.2) is 4.79 Å². The summed E-state index contributed by atoms with van der Waals surface area (Å²) in [6.07, 6.45) is 1.77. The fourth-order valence-corrected chi connectivity index (χ4v) is 3.74. The molecule has 0 radical (unpaired) electrons. The fourth-order valence-electron chi connectivity index (χ4n) is 3.10. The second-order valence-corrected chi connectivity index (χ2v) is 6.98. The molecule has 0 unspecified atom stereocenters. The minimum absolute atomic E-state index is 0.192. The first-order chi connectivity index (χ1) is 13.3. The summed E-state index contributed by atoms with van der Waals surface area (Å²) in [5, 5.41) is 12.3. The van der Waals surface area contributed by atoms with Gasteiger partial charge in [0.25, 0.3) is 0 Å². The van der Waals surface area contributed by atoms with Gasteiger partial charge in [-0.05, 0) is 39.4 Å². The second kappa shape index (κ2) is 8.01. The molecule has 27 heavy (non-hydrogen) atoms. The van der Waals surface area contributed by atoms with Gasteiger partial charge in [0, 0.05) is 30.2 Å². The predicted octanol–water partition coefficient (Wildman–Crippen LogP) is 4.96. The van der Waals surface area contributed by atoms with E-state index >= 15 is 0 Å². The largest absolute Gasteiger partial charge is 0.334 e. The SMILES string of the molecule is O=C(NCc1cccnc1-c1ccsc1)NCc1cccc2ccccc12. The lowest BCUT2D eigenvalue weighted by Crippen LogP contribution is -2.34. The van der Waals surface area contributed by atoms with Crippen LogP contribution in [0.1, 0.15) is 11.1 Å². The van der Waals surface area contributed by atoms with Crippen LogP contribution in [0.15, 0.2) is 77.6 Å². The average Bonchev–Trinajstić information content (AvgIpc) is 3.25. The zero-order chi connectivity index (χ0) is 18.5. The molecule has 0 bridgehead atoms. The standard InChI is InChI=1S/C22H19N3OS/c26-22(24-13-17-7-3-6-16-5-1-2-9-20(16)17)25-14-18-8-4-11-23-21(18)19-10-12-27-15-19/h1-12,15H,13-14H2,(H2,24,25,26). The minimum atomic E-state index is -0.192. The number of benzene rings is 2. The Morgan fingerprint density at radius 1 is 0.889 bits per heavy atom. The Morgan fingerprint density at radius 3 is 2.52 bits per heavy atom. The van der Waals surface area contributed by atoms with Crippen LogP contribution >= 0.6 is 11.3 Å². The molecule has 4 nitrogen and oxygen atoms in total. The van der Waals surface area contributed by atoms with Gasteiger partial charge in [-0.1, -0.05) is 48.5 Å². The van der Waals surface area contributed by atoms with E-state index in [2.05, 4.69) is 39.2 Å². The number of aromatic nitrogens is 1. The van der Waals surface area contributed by atoms with Crippen molar-refractivity contribution in [3.63, 3.8) is 0 Å². The molecule has 0 atom stereocenters. The highest BCUT2D eigenvalue weighted by molar-refractivity contribution is 7.08. The number of carbonyl (C=O) groups is 1. The van der Waals surface area contributed by atoms with Crippen molar-refractivity contribution in [3.8, 4) is 11.3 Å². The van der Waals surface area contributed by atoms with Crippen molar-refractivity contribution in [1.82, 2.24) is 15.6 Å². The zero-order valence-corrected chi connectivity index (χ0v) is 15.5. The van der Waals surface area contributed by atoms with Crippen molar-refractivity contribution >= 4 is 28.1 Å². The van der Waals surface area contributed by atoms with Crippen LogP contribution in [-0.4, -0.2) is 11.0 Å². The molecule has 2 heterocycles. The Balaban J connectivity index is 1.40. The highest BCUT2D eigenvalue weighted by Gasteiger charge is 2.08. The van der Waals surface area contributed by atoms with Crippen molar-refractivity contribution < 1.29 is 4.79 Å². The van der Waals surface area contributed by atoms with Crippen LogP contribution in [0.25, 0.3) is 22.0 Å². The van der Waals surface area contributed by atoms with E-state index < -0.39 is 0 Å². The van der Waals surface area contributed by atoms with Gasteiger partial charge in [0.15, 0.2) is 0 Å². The van der Waals surface area contributed by atoms with Crippen molar-refractivity contribution in [3.05, 3.63) is 88.7 Å². The monoisotopic (exact) mass is 373 g/mol. The summed E-state index contributed by atoms with van der Waals surface area (Å²) in [5.41, 5.74) is 4.08. The molecule has 0 aliphatic carbocycles. The third-order valence-electron chi connectivity index (χ3n) is 4.44. The van der Waals surface area contributed by atoms with Crippen molar-refractivity contribution in [2.24, 2.45) is 0 Å². The first-order valence-electron chi connectivity index (χ1n) is 8.76. The molecule has 4 aromatic rings. The normalized spacial score (nSPS) is 10.7. The molecule has 0 fully saturated rings. The topological polar surface area (TPSA) is 54.0 Å². The van der Waals surface area contributed by atoms with Crippen molar-refractivity contribution in [1.29, 1.82) is 0 Å². The molecule has 2 aromatic heterocycles. The quantitative estimate of drug-likeness (QED) is 0.519. The molecule has 5 heteroatoms. The molecule has 0 aliphatic rings. The summed E-state index contributed by atoms with van der Waals surface area (Å²) in [6.45, 7) is 0.915. The molecule has 2 amide bonds. The molecule has 134 valence electrons. The number of thiophene rings is 1. The average molecular weight is 373 g/mol. The molecule has 0 spiro atoms. The summed E-state index contributed by atoms with van der Waals surface area (Å²) in [4.78, 5) is 16.7. The van der Waals surface area contributed by atoms with E-state index in [1.54, 1.807) is 17.5 Å². The Kier molecular flexibility index (Phi) is 5.12. The minimum Gasteiger partial charge on any atom is -0.334 e. The molecular weight excluding hydrogens is 354 g/mol. The number of nitrogens with zero attached hydrogens (tertiary/aromatic N) is 1. The summed E-state index contributed by atoms with van der Waals surface area (Å²) < 4.78 is 0. The number of pyridine rings is 1. The fraction of sp³-hybridized carbons (Fsp3) is 0.0909. The second-order valence-electron chi connectivity index (χ2n) is 6.20. The predicted molar refractivity (Wildman–Crippen MR) is 111 cm³/mol. The Hall–Kier alpha value is -3.18. The number of urea groups is 1. The number of amides is 2. The smallest absolute Gasteiger partial charge is 0.315 e. The van der Waals surface area contributed by atoms with Gasteiger partial charge in [-0.3, -0.25) is 4.98 Å². The van der Waals surface area contributed by atoms with Crippen molar-refractivity contribution in [2.45, 2.75) is 13.1 Å². The van der Waals surface area contributed by atoms with E-state index in [1.165, 1.54) is 5.39 Å². The number of fused-ring (bicyclic) bond motifs is 1. The van der Waals surface area contributed by atoms with E-state index in [0.717, 1.165) is 27.8 Å². The van der Waals surface area contributed by atoms with Gasteiger partial charge < -0.3 is 10.6 Å². The molecule has 0 saturated carbocycles. The maximum Gasteiger partial charge on any atom is 0.315 e. The summed E-state index contributed by atoms with van der Waals surface area (Å²) in [7, 11) is 0. The van der Waals surface area contributed by atoms with Gasteiger partial charge in [0.05, 0.1) is 5.69 Å². The summed E-state index contributed by atoms with van der Waals surface area (Å²) in [5.74, 6) is 0. The van der Waals surface area contributed by atoms with Crippen molar-refractivity contribution in [2.75, 3.05) is 0 Å². The van der Waals surface area contributed by atoms with Crippen LogP contribution in [-0.2, 0) is 13.1 Å². The van der Waals surface area contributed by atoms with Gasteiger partial charge in [0.1, 0.15) is 0 Å². The lowest BCUT2D eigenvalue weighted by Gasteiger charge is -2.11. The van der Waals surface area contributed by atoms with E-state index in [1.807, 2.05) is 47.8 Å². The number of rotatable bonds is 5. The zero-order valence-electron chi connectivity index (χ0n) is 14.7. The van der Waals surface area contributed by atoms with Gasteiger partial charge in [-0.2, -0.15) is 11.3 Å². The van der Waals surface area contributed by atoms with E-state index in [0.29, 0.717) is 13.1 Å². The lowest BCUT2D eigenvalue weighted by atomic mass is 10.0. The van der Waals surface area contributed by atoms with Crippen LogP contribution in [0.2, 0.25) is 0 Å². The number of nitrogens with one attached hydrogen (secondary N) is 2. The molecule has 2 N–H and O–H groups in total. The summed E-state index contributed by atoms with van der Waals surface area (Å²) in [6, 6.07) is 20.0. The Bertz CT molecular complexity index is 1050. The van der Waals surface area contributed by atoms with Crippen LogP contribution in [0.3, 0.4) is 0 Å². The molecule has 2 aromatic carbocycles. The van der Waals surface area contributed by atoms with E-state index in [4.69, 9.17) is 0 Å². The summed E-state index contributed by atoms with van der Waals surface area (Å²) >= 11 is 1.63. The van der Waals surface area contributed by atoms with Crippen LogP contribution in [0.5, 0.6) is 0 Å². The Labute approximate surface area is 161 Å². The maximum atomic E-state index is 12.3. The van der Waals surface area contributed by atoms with E-state index in [-0.39, 0.29) is 6.03 Å². The molecule has 0 saturated heterocycles. The van der Waals surface area contributed by atoms with Crippen LogP contribution in [0, 0.1) is 0 Å². The van der Waals surface area contributed by atoms with Crippen LogP contribution in [0.4, 0.5) is 4.79 Å². The number of carbonyl (C=O) groups excluding carboxylic acids is 1. The molecular formula is C22H19N3OS. The third-order valence-corrected chi connectivity index (χ3v) is 5.13. The molecule has 0 aliphatic heterocycles. The third kappa shape index (κ3) is 3.99. The van der Waals surface area contributed by atoms with E-state index in [9.17, 15) is 4.79 Å². The Morgan fingerprint density at radius 2 is 1.67 bits per heavy atom. The first kappa shape index (κ1) is 17.2. The number of hydrogen-bond acceptors (Lipinski definition) is 3. The first-order valence-corrected chi connectivity index (χ1v) is 9.70. The van der Waals surface area contributed by atoms with Gasteiger partial charge >= 0.3 is 6.03 Å². The number of hydrogen-bond donors (Lipinski definition) is 2. The molecule has 4 rings (SSSR count). The highest BCUT2D eigenvalue weighted by Crippen LogP contribution is 2.23. The highest BCUT2D eigenvalue weighted by atomic mass is 32.1. The maximum absolute atomic E-state index is 12.3. The lowest BCUT2D eigenvalue weighted by molar-refractivity contribution is 0.240. The van der Waals surface area contributed by atoms with Gasteiger partial charge in [0.2, 0.25) is 0 Å². The van der Waals surface area contributed by atoms with Crippen LogP contribution < -0.4 is 10.6 Å². The van der Waals surface area contributed by atoms with Gasteiger partial charge in [-0.15, -0.1) is 0 Å².